The Morgan fingerprint density at radius 3 is 2.74 bits per heavy atom. The summed E-state index contributed by atoms with van der Waals surface area (Å²) in [4.78, 5) is 21.7. The van der Waals surface area contributed by atoms with Crippen LogP contribution < -0.4 is 10.6 Å². The molecule has 2 aromatic heterocycles. The first-order valence-corrected chi connectivity index (χ1v) is 11.8. The molecule has 1 fully saturated rings. The molecule has 0 saturated heterocycles. The Hall–Kier alpha value is -3.43. The maximum atomic E-state index is 14.8. The molecule has 4 rings (SSSR count). The molecule has 1 N–H and O–H groups in total. The molecule has 35 heavy (non-hydrogen) atoms. The number of alkyl halides is 1. The summed E-state index contributed by atoms with van der Waals surface area (Å²) in [7, 11) is 3.21. The van der Waals surface area contributed by atoms with E-state index < -0.39 is 17.7 Å². The third-order valence-electron chi connectivity index (χ3n) is 6.96. The van der Waals surface area contributed by atoms with E-state index in [-0.39, 0.29) is 39.9 Å². The summed E-state index contributed by atoms with van der Waals surface area (Å²) in [5.41, 5.74) is -0.138. The fourth-order valence-electron chi connectivity index (χ4n) is 4.93. The molecule has 1 saturated carbocycles. The second-order valence-electron chi connectivity index (χ2n) is 9.70. The minimum absolute atomic E-state index is 0.0991. The minimum Gasteiger partial charge on any atom is -0.507 e. The Bertz CT molecular complexity index is 1270. The first-order chi connectivity index (χ1) is 16.6. The number of aromatic nitrogens is 5. The summed E-state index contributed by atoms with van der Waals surface area (Å²) in [6, 6.07) is 4.02. The van der Waals surface area contributed by atoms with Crippen LogP contribution in [0.4, 0.5) is 14.6 Å². The summed E-state index contributed by atoms with van der Waals surface area (Å²) in [6.07, 6.45) is 5.84. The number of phenols is 1. The van der Waals surface area contributed by atoms with Gasteiger partial charge in [-0.15, -0.1) is 10.2 Å². The largest absolute Gasteiger partial charge is 0.507 e. The van der Waals surface area contributed by atoms with Crippen LogP contribution in [-0.4, -0.2) is 49.1 Å². The summed E-state index contributed by atoms with van der Waals surface area (Å²) in [5, 5.41) is 18.9. The van der Waals surface area contributed by atoms with Crippen LogP contribution in [-0.2, 0) is 7.05 Å². The number of anilines is 1. The fraction of sp³-hybridized carbons (Fsp3) is 0.480. The Kier molecular flexibility index (Phi) is 6.82. The molecule has 10 heteroatoms. The Morgan fingerprint density at radius 2 is 2.09 bits per heavy atom. The van der Waals surface area contributed by atoms with Crippen molar-refractivity contribution in [3.05, 3.63) is 46.9 Å². The number of hydrogen-bond acceptors (Lipinski definition) is 7. The first kappa shape index (κ1) is 24.7. The van der Waals surface area contributed by atoms with Gasteiger partial charge in [0.1, 0.15) is 17.6 Å². The molecular weight excluding hydrogens is 454 g/mol. The van der Waals surface area contributed by atoms with E-state index in [1.54, 1.807) is 11.9 Å². The van der Waals surface area contributed by atoms with Gasteiger partial charge < -0.3 is 10.0 Å². The molecule has 186 valence electrons. The van der Waals surface area contributed by atoms with Crippen LogP contribution in [0.15, 0.2) is 35.4 Å². The van der Waals surface area contributed by atoms with Gasteiger partial charge in [0.25, 0.3) is 0 Å². The van der Waals surface area contributed by atoms with Gasteiger partial charge in [-0.25, -0.2) is 18.6 Å². The van der Waals surface area contributed by atoms with E-state index in [0.717, 1.165) is 36.4 Å². The molecule has 0 unspecified atom stereocenters. The minimum atomic E-state index is -0.952. The molecule has 0 spiro atoms. The number of rotatable bonds is 6. The van der Waals surface area contributed by atoms with E-state index in [1.807, 2.05) is 0 Å². The van der Waals surface area contributed by atoms with Gasteiger partial charge in [-0.2, -0.15) is 4.98 Å². The highest BCUT2D eigenvalue weighted by atomic mass is 19.1. The van der Waals surface area contributed by atoms with E-state index in [1.165, 1.54) is 31.4 Å². The molecule has 0 amide bonds. The summed E-state index contributed by atoms with van der Waals surface area (Å²) in [6.45, 7) is 4.37. The molecule has 0 aliphatic heterocycles. The van der Waals surface area contributed by atoms with Crippen molar-refractivity contribution in [3.63, 3.8) is 0 Å². The average molecular weight is 485 g/mol. The smallest absolute Gasteiger partial charge is 0.348 e. The van der Waals surface area contributed by atoms with Gasteiger partial charge in [-0.1, -0.05) is 26.3 Å². The van der Waals surface area contributed by atoms with Gasteiger partial charge in [0.15, 0.2) is 17.5 Å². The number of nitrogens with zero attached hydrogens (tertiary/aromatic N) is 6. The lowest BCUT2D eigenvalue weighted by Crippen LogP contribution is -2.47. The summed E-state index contributed by atoms with van der Waals surface area (Å²) >= 11 is 0. The van der Waals surface area contributed by atoms with Crippen molar-refractivity contribution in [2.45, 2.75) is 58.2 Å². The van der Waals surface area contributed by atoms with Crippen LogP contribution in [0, 0.1) is 11.2 Å². The quantitative estimate of drug-likeness (QED) is 0.558. The number of halogens is 2. The number of benzene rings is 1. The standard InChI is InChI=1S/C25H30F2N6O2/c1-5-9-25(2)10-8-17(26)19(12-25)33(4)21-13-28-23(31-30-21)16-7-6-15(11-20(16)34)22-18(27)14-32(3)24(35)29-22/h6-7,11,13-14,17,19,34H,5,8-10,12H2,1-4H3/t17-,19+,25+/m0/s1. The first-order valence-electron chi connectivity index (χ1n) is 11.8. The van der Waals surface area contributed by atoms with Gasteiger partial charge in [-0.3, -0.25) is 4.57 Å². The highest BCUT2D eigenvalue weighted by Gasteiger charge is 2.39. The van der Waals surface area contributed by atoms with Crippen LogP contribution in [0.1, 0.15) is 46.0 Å². The van der Waals surface area contributed by atoms with E-state index in [9.17, 15) is 18.7 Å². The van der Waals surface area contributed by atoms with Crippen molar-refractivity contribution in [2.24, 2.45) is 12.5 Å². The molecular formula is C25H30F2N6O2. The SMILES string of the molecule is CCC[C@]1(C)CC[C@H](F)[C@H](N(C)c2cnc(-c3ccc(-c4nc(=O)n(C)cc4F)cc3O)nn2)C1. The van der Waals surface area contributed by atoms with Crippen LogP contribution in [0.3, 0.4) is 0 Å². The molecule has 3 aromatic rings. The summed E-state index contributed by atoms with van der Waals surface area (Å²) < 4.78 is 30.2. The predicted octanol–water partition coefficient (Wildman–Crippen LogP) is 4.28. The van der Waals surface area contributed by atoms with E-state index in [0.29, 0.717) is 12.2 Å². The molecule has 3 atom stereocenters. The van der Waals surface area contributed by atoms with E-state index in [2.05, 4.69) is 34.0 Å². The lowest BCUT2D eigenvalue weighted by molar-refractivity contribution is 0.102. The molecule has 1 aliphatic carbocycles. The number of aromatic hydroxyl groups is 1. The highest BCUT2D eigenvalue weighted by molar-refractivity contribution is 5.71. The van der Waals surface area contributed by atoms with Crippen molar-refractivity contribution < 1.29 is 13.9 Å². The predicted molar refractivity (Wildman–Crippen MR) is 129 cm³/mol. The lowest BCUT2D eigenvalue weighted by atomic mass is 9.70. The normalized spacial score (nSPS) is 22.2. The average Bonchev–Trinajstić information content (AvgIpc) is 2.83. The number of phenolic OH excluding ortho intramolecular Hbond substituents is 1. The van der Waals surface area contributed by atoms with Crippen molar-refractivity contribution in [1.82, 2.24) is 24.7 Å². The van der Waals surface area contributed by atoms with Crippen LogP contribution in [0.5, 0.6) is 5.75 Å². The Morgan fingerprint density at radius 1 is 1.31 bits per heavy atom. The second kappa shape index (κ2) is 9.67. The van der Waals surface area contributed by atoms with Crippen molar-refractivity contribution in [3.8, 4) is 28.4 Å². The van der Waals surface area contributed by atoms with E-state index >= 15 is 0 Å². The zero-order valence-corrected chi connectivity index (χ0v) is 20.4. The van der Waals surface area contributed by atoms with Gasteiger partial charge in [0.2, 0.25) is 0 Å². The maximum Gasteiger partial charge on any atom is 0.348 e. The second-order valence-corrected chi connectivity index (χ2v) is 9.70. The topological polar surface area (TPSA) is 97.0 Å². The number of aryl methyl sites for hydroxylation is 1. The van der Waals surface area contributed by atoms with Crippen molar-refractivity contribution in [1.29, 1.82) is 0 Å². The maximum absolute atomic E-state index is 14.8. The van der Waals surface area contributed by atoms with Gasteiger partial charge in [-0.05, 0) is 43.2 Å². The van der Waals surface area contributed by atoms with Gasteiger partial charge in [0, 0.05) is 25.9 Å². The van der Waals surface area contributed by atoms with Gasteiger partial charge >= 0.3 is 5.69 Å². The monoisotopic (exact) mass is 484 g/mol. The highest BCUT2D eigenvalue weighted by Crippen LogP contribution is 2.43. The van der Waals surface area contributed by atoms with Crippen LogP contribution in [0.25, 0.3) is 22.6 Å². The zero-order valence-electron chi connectivity index (χ0n) is 20.4. The molecule has 1 aliphatic rings. The lowest BCUT2D eigenvalue weighted by Gasteiger charge is -2.43. The molecule has 8 nitrogen and oxygen atoms in total. The Balaban J connectivity index is 1.56. The zero-order chi connectivity index (χ0) is 25.3. The summed E-state index contributed by atoms with van der Waals surface area (Å²) in [5.74, 6) is -0.281. The molecule has 2 heterocycles. The van der Waals surface area contributed by atoms with Crippen molar-refractivity contribution >= 4 is 5.82 Å². The molecule has 0 radical (unpaired) electrons. The number of hydrogen-bond donors (Lipinski definition) is 1. The molecule has 0 bridgehead atoms. The molecule has 1 aromatic carbocycles. The third kappa shape index (κ3) is 5.01. The van der Waals surface area contributed by atoms with Gasteiger partial charge in [0.05, 0.1) is 17.8 Å². The third-order valence-corrected chi connectivity index (χ3v) is 6.96. The Labute approximate surface area is 202 Å². The van der Waals surface area contributed by atoms with Crippen LogP contribution >= 0.6 is 0 Å². The van der Waals surface area contributed by atoms with E-state index in [4.69, 9.17) is 0 Å². The van der Waals surface area contributed by atoms with Crippen LogP contribution in [0.2, 0.25) is 0 Å². The van der Waals surface area contributed by atoms with Crippen molar-refractivity contribution in [2.75, 3.05) is 11.9 Å². The fourth-order valence-corrected chi connectivity index (χ4v) is 4.93.